The van der Waals surface area contributed by atoms with E-state index in [0.29, 0.717) is 11.4 Å². The molecule has 3 N–H and O–H groups in total. The molecule has 0 aliphatic carbocycles. The Kier molecular flexibility index (Phi) is 4.60. The Morgan fingerprint density at radius 3 is 2.88 bits per heavy atom. The van der Waals surface area contributed by atoms with Crippen LogP contribution < -0.4 is 15.4 Å². The first-order valence-electron chi connectivity index (χ1n) is 5.05. The van der Waals surface area contributed by atoms with Crippen molar-refractivity contribution in [2.24, 2.45) is 0 Å². The van der Waals surface area contributed by atoms with Gasteiger partial charge in [-0.1, -0.05) is 6.92 Å². The van der Waals surface area contributed by atoms with Crippen molar-refractivity contribution in [3.05, 3.63) is 18.2 Å². The second-order valence-corrected chi connectivity index (χ2v) is 3.21. The lowest BCUT2D eigenvalue weighted by atomic mass is 10.2. The summed E-state index contributed by atoms with van der Waals surface area (Å²) in [5, 5.41) is 15.0. The van der Waals surface area contributed by atoms with Gasteiger partial charge in [-0.3, -0.25) is 4.79 Å². The molecular formula is C11H16N2O3. The fourth-order valence-corrected chi connectivity index (χ4v) is 1.18. The van der Waals surface area contributed by atoms with Gasteiger partial charge in [-0.25, -0.2) is 0 Å². The van der Waals surface area contributed by atoms with E-state index in [-0.39, 0.29) is 18.2 Å². The van der Waals surface area contributed by atoms with Crippen LogP contribution in [0.1, 0.15) is 6.92 Å². The van der Waals surface area contributed by atoms with E-state index in [1.54, 1.807) is 12.1 Å². The van der Waals surface area contributed by atoms with Gasteiger partial charge in [-0.15, -0.1) is 0 Å². The molecule has 5 nitrogen and oxygen atoms in total. The number of ether oxygens (including phenoxy) is 1. The van der Waals surface area contributed by atoms with Gasteiger partial charge in [0.1, 0.15) is 11.5 Å². The van der Waals surface area contributed by atoms with Gasteiger partial charge in [0, 0.05) is 6.07 Å². The van der Waals surface area contributed by atoms with Gasteiger partial charge in [-0.2, -0.15) is 0 Å². The van der Waals surface area contributed by atoms with E-state index in [4.69, 9.17) is 4.74 Å². The van der Waals surface area contributed by atoms with Gasteiger partial charge in [-0.05, 0) is 18.7 Å². The number of carbonyl (C=O) groups is 1. The molecule has 5 heteroatoms. The minimum absolute atomic E-state index is 0.0191. The first-order chi connectivity index (χ1) is 7.67. The Labute approximate surface area is 94.4 Å². The van der Waals surface area contributed by atoms with E-state index in [1.807, 2.05) is 6.92 Å². The zero-order valence-electron chi connectivity index (χ0n) is 9.41. The van der Waals surface area contributed by atoms with Crippen LogP contribution in [0, 0.1) is 0 Å². The SMILES string of the molecule is CCNCC(=O)Nc1cc(OC)ccc1O. The van der Waals surface area contributed by atoms with Crippen molar-refractivity contribution in [2.45, 2.75) is 6.92 Å². The average Bonchev–Trinajstić information content (AvgIpc) is 2.29. The van der Waals surface area contributed by atoms with Crippen LogP contribution in [0.25, 0.3) is 0 Å². The highest BCUT2D eigenvalue weighted by Crippen LogP contribution is 2.27. The van der Waals surface area contributed by atoms with Crippen LogP contribution in [-0.4, -0.2) is 31.2 Å². The molecule has 1 aromatic carbocycles. The topological polar surface area (TPSA) is 70.6 Å². The third kappa shape index (κ3) is 3.43. The average molecular weight is 224 g/mol. The Hall–Kier alpha value is -1.75. The number of amides is 1. The zero-order chi connectivity index (χ0) is 12.0. The van der Waals surface area contributed by atoms with Crippen LogP contribution in [0.15, 0.2) is 18.2 Å². The predicted molar refractivity (Wildman–Crippen MR) is 61.8 cm³/mol. The normalized spacial score (nSPS) is 9.88. The summed E-state index contributed by atoms with van der Waals surface area (Å²) in [6, 6.07) is 4.66. The van der Waals surface area contributed by atoms with Crippen molar-refractivity contribution in [3.8, 4) is 11.5 Å². The summed E-state index contributed by atoms with van der Waals surface area (Å²) in [6.07, 6.45) is 0. The van der Waals surface area contributed by atoms with E-state index in [2.05, 4.69) is 10.6 Å². The molecule has 0 saturated heterocycles. The molecular weight excluding hydrogens is 208 g/mol. The van der Waals surface area contributed by atoms with E-state index in [0.717, 1.165) is 6.54 Å². The molecule has 1 amide bonds. The molecule has 0 fully saturated rings. The third-order valence-electron chi connectivity index (χ3n) is 2.01. The monoisotopic (exact) mass is 224 g/mol. The number of hydrogen-bond acceptors (Lipinski definition) is 4. The number of aromatic hydroxyl groups is 1. The Morgan fingerprint density at radius 2 is 2.25 bits per heavy atom. The highest BCUT2D eigenvalue weighted by atomic mass is 16.5. The number of nitrogens with one attached hydrogen (secondary N) is 2. The summed E-state index contributed by atoms with van der Waals surface area (Å²) in [5.74, 6) is 0.396. The molecule has 0 saturated carbocycles. The molecule has 0 radical (unpaired) electrons. The number of likely N-dealkylation sites (N-methyl/N-ethyl adjacent to an activating group) is 1. The Balaban J connectivity index is 2.68. The molecule has 88 valence electrons. The van der Waals surface area contributed by atoms with Crippen LogP contribution in [0.5, 0.6) is 11.5 Å². The summed E-state index contributed by atoms with van der Waals surface area (Å²) in [5.41, 5.74) is 0.349. The predicted octanol–water partition coefficient (Wildman–Crippen LogP) is 0.949. The minimum Gasteiger partial charge on any atom is -0.506 e. The van der Waals surface area contributed by atoms with Gasteiger partial charge >= 0.3 is 0 Å². The minimum atomic E-state index is -0.203. The number of hydrogen-bond donors (Lipinski definition) is 3. The lowest BCUT2D eigenvalue weighted by Gasteiger charge is -2.09. The maximum Gasteiger partial charge on any atom is 0.238 e. The molecule has 0 aliphatic rings. The van der Waals surface area contributed by atoms with E-state index in [1.165, 1.54) is 13.2 Å². The standard InChI is InChI=1S/C11H16N2O3/c1-3-12-7-11(15)13-9-6-8(16-2)4-5-10(9)14/h4-6,12,14H,3,7H2,1-2H3,(H,13,15). The number of benzene rings is 1. The smallest absolute Gasteiger partial charge is 0.238 e. The first kappa shape index (κ1) is 12.3. The number of methoxy groups -OCH3 is 1. The van der Waals surface area contributed by atoms with Crippen molar-refractivity contribution in [2.75, 3.05) is 25.5 Å². The highest BCUT2D eigenvalue weighted by molar-refractivity contribution is 5.93. The van der Waals surface area contributed by atoms with E-state index < -0.39 is 0 Å². The van der Waals surface area contributed by atoms with Gasteiger partial charge in [0.25, 0.3) is 0 Å². The van der Waals surface area contributed by atoms with Gasteiger partial charge in [0.05, 0.1) is 19.3 Å². The van der Waals surface area contributed by atoms with Gasteiger partial charge in [0.2, 0.25) is 5.91 Å². The lowest BCUT2D eigenvalue weighted by molar-refractivity contribution is -0.115. The number of rotatable bonds is 5. The van der Waals surface area contributed by atoms with Crippen molar-refractivity contribution < 1.29 is 14.6 Å². The molecule has 0 heterocycles. The molecule has 16 heavy (non-hydrogen) atoms. The van der Waals surface area contributed by atoms with Crippen molar-refractivity contribution in [3.63, 3.8) is 0 Å². The van der Waals surface area contributed by atoms with Crippen LogP contribution in [0.4, 0.5) is 5.69 Å². The largest absolute Gasteiger partial charge is 0.506 e. The molecule has 0 atom stereocenters. The van der Waals surface area contributed by atoms with E-state index in [9.17, 15) is 9.90 Å². The summed E-state index contributed by atoms with van der Waals surface area (Å²) in [7, 11) is 1.52. The molecule has 0 aliphatic heterocycles. The number of carbonyl (C=O) groups excluding carboxylic acids is 1. The van der Waals surface area contributed by atoms with Crippen molar-refractivity contribution in [1.82, 2.24) is 5.32 Å². The fourth-order valence-electron chi connectivity index (χ4n) is 1.18. The number of phenolic OH excluding ortho intramolecular Hbond substituents is 1. The summed E-state index contributed by atoms with van der Waals surface area (Å²) < 4.78 is 4.99. The molecule has 0 aromatic heterocycles. The zero-order valence-corrected chi connectivity index (χ0v) is 9.41. The molecule has 0 unspecified atom stereocenters. The maximum absolute atomic E-state index is 11.4. The van der Waals surface area contributed by atoms with Gasteiger partial charge in [0.15, 0.2) is 0 Å². The Morgan fingerprint density at radius 1 is 1.50 bits per heavy atom. The van der Waals surface area contributed by atoms with Crippen LogP contribution in [-0.2, 0) is 4.79 Å². The van der Waals surface area contributed by atoms with Crippen LogP contribution in [0.2, 0.25) is 0 Å². The lowest BCUT2D eigenvalue weighted by Crippen LogP contribution is -2.27. The molecule has 1 aromatic rings. The third-order valence-corrected chi connectivity index (χ3v) is 2.01. The van der Waals surface area contributed by atoms with E-state index >= 15 is 0 Å². The molecule has 0 bridgehead atoms. The van der Waals surface area contributed by atoms with Gasteiger partial charge < -0.3 is 20.5 Å². The second kappa shape index (κ2) is 5.97. The fraction of sp³-hybridized carbons (Fsp3) is 0.364. The second-order valence-electron chi connectivity index (χ2n) is 3.21. The summed E-state index contributed by atoms with van der Waals surface area (Å²) in [4.78, 5) is 11.4. The number of phenols is 1. The molecule has 1 rings (SSSR count). The molecule has 0 spiro atoms. The van der Waals surface area contributed by atoms with Crippen LogP contribution in [0.3, 0.4) is 0 Å². The first-order valence-corrected chi connectivity index (χ1v) is 5.05. The maximum atomic E-state index is 11.4. The van der Waals surface area contributed by atoms with Crippen LogP contribution >= 0.6 is 0 Å². The Bertz CT molecular complexity index is 366. The quantitative estimate of drug-likeness (QED) is 0.651. The summed E-state index contributed by atoms with van der Waals surface area (Å²) in [6.45, 7) is 2.85. The van der Waals surface area contributed by atoms with Crippen molar-refractivity contribution in [1.29, 1.82) is 0 Å². The van der Waals surface area contributed by atoms with Crippen molar-refractivity contribution >= 4 is 11.6 Å². The highest BCUT2D eigenvalue weighted by Gasteiger charge is 2.06. The summed E-state index contributed by atoms with van der Waals surface area (Å²) >= 11 is 0. The number of anilines is 1.